The van der Waals surface area contributed by atoms with E-state index in [1.807, 2.05) is 17.5 Å². The zero-order valence-corrected chi connectivity index (χ0v) is 12.5. The fourth-order valence-corrected chi connectivity index (χ4v) is 3.14. The Kier molecular flexibility index (Phi) is 5.07. The molecule has 0 unspecified atom stereocenters. The lowest BCUT2D eigenvalue weighted by molar-refractivity contribution is 0.675. The van der Waals surface area contributed by atoms with Gasteiger partial charge < -0.3 is 5.32 Å². The van der Waals surface area contributed by atoms with Gasteiger partial charge in [0.05, 0.1) is 9.90 Å². The monoisotopic (exact) mass is 299 g/mol. The highest BCUT2D eigenvalue weighted by atomic mass is 35.5. The van der Waals surface area contributed by atoms with Gasteiger partial charge in [-0.1, -0.05) is 42.3 Å². The lowest BCUT2D eigenvalue weighted by Gasteiger charge is -2.07. The molecule has 1 aromatic heterocycles. The SMILES string of the molecule is CCCNCc1ccc(-c2sccc2Cl)cc1Cl. The molecule has 0 atom stereocenters. The van der Waals surface area contributed by atoms with Crippen LogP contribution in [0.5, 0.6) is 0 Å². The van der Waals surface area contributed by atoms with Crippen molar-refractivity contribution in [3.05, 3.63) is 45.3 Å². The Morgan fingerprint density at radius 1 is 1.17 bits per heavy atom. The third-order valence-corrected chi connectivity index (χ3v) is 4.42. The summed E-state index contributed by atoms with van der Waals surface area (Å²) < 4.78 is 0. The summed E-state index contributed by atoms with van der Waals surface area (Å²) in [5.74, 6) is 0. The summed E-state index contributed by atoms with van der Waals surface area (Å²) in [5, 5.41) is 6.92. The van der Waals surface area contributed by atoms with Crippen molar-refractivity contribution in [3.8, 4) is 10.4 Å². The summed E-state index contributed by atoms with van der Waals surface area (Å²) >= 11 is 14.1. The topological polar surface area (TPSA) is 12.0 Å². The Bertz CT molecular complexity index is 522. The van der Waals surface area contributed by atoms with E-state index < -0.39 is 0 Å². The average molecular weight is 300 g/mol. The van der Waals surface area contributed by atoms with Crippen LogP contribution in [0.25, 0.3) is 10.4 Å². The van der Waals surface area contributed by atoms with Gasteiger partial charge in [-0.25, -0.2) is 0 Å². The maximum Gasteiger partial charge on any atom is 0.0592 e. The summed E-state index contributed by atoms with van der Waals surface area (Å²) in [6, 6.07) is 8.04. The summed E-state index contributed by atoms with van der Waals surface area (Å²) in [4.78, 5) is 1.08. The molecule has 0 aliphatic heterocycles. The predicted molar refractivity (Wildman–Crippen MR) is 81.8 cm³/mol. The normalized spacial score (nSPS) is 10.8. The number of halogens is 2. The van der Waals surface area contributed by atoms with Crippen LogP contribution in [-0.2, 0) is 6.54 Å². The molecule has 0 aliphatic rings. The van der Waals surface area contributed by atoms with Crippen molar-refractivity contribution >= 4 is 34.5 Å². The molecule has 18 heavy (non-hydrogen) atoms. The van der Waals surface area contributed by atoms with E-state index in [1.165, 1.54) is 0 Å². The smallest absolute Gasteiger partial charge is 0.0592 e. The highest BCUT2D eigenvalue weighted by Crippen LogP contribution is 2.35. The maximum atomic E-state index is 6.30. The zero-order chi connectivity index (χ0) is 13.0. The Balaban J connectivity index is 2.17. The second kappa shape index (κ2) is 6.58. The molecule has 0 saturated heterocycles. The molecule has 0 fully saturated rings. The van der Waals surface area contributed by atoms with Crippen molar-refractivity contribution in [2.24, 2.45) is 0 Å². The number of rotatable bonds is 5. The first-order chi connectivity index (χ1) is 8.72. The Morgan fingerprint density at radius 3 is 2.61 bits per heavy atom. The minimum Gasteiger partial charge on any atom is -0.313 e. The third kappa shape index (κ3) is 3.27. The number of nitrogens with one attached hydrogen (secondary N) is 1. The van der Waals surface area contributed by atoms with Gasteiger partial charge in [0.1, 0.15) is 0 Å². The van der Waals surface area contributed by atoms with Crippen LogP contribution in [0.1, 0.15) is 18.9 Å². The molecular weight excluding hydrogens is 285 g/mol. The molecule has 1 heterocycles. The molecule has 0 saturated carbocycles. The van der Waals surface area contributed by atoms with Gasteiger partial charge in [0.15, 0.2) is 0 Å². The molecule has 96 valence electrons. The Hall–Kier alpha value is -0.540. The molecule has 0 spiro atoms. The first-order valence-corrected chi connectivity index (χ1v) is 7.58. The zero-order valence-electron chi connectivity index (χ0n) is 10.2. The van der Waals surface area contributed by atoms with E-state index in [9.17, 15) is 0 Å². The minimum atomic E-state index is 0.785. The van der Waals surface area contributed by atoms with E-state index in [4.69, 9.17) is 23.2 Å². The molecule has 1 N–H and O–H groups in total. The molecule has 0 aliphatic carbocycles. The van der Waals surface area contributed by atoms with E-state index >= 15 is 0 Å². The number of benzene rings is 1. The second-order valence-electron chi connectivity index (χ2n) is 4.08. The molecule has 2 aromatic rings. The Labute approximate surface area is 122 Å². The summed E-state index contributed by atoms with van der Waals surface area (Å²) in [6.07, 6.45) is 1.13. The van der Waals surface area contributed by atoms with Crippen molar-refractivity contribution in [2.75, 3.05) is 6.54 Å². The van der Waals surface area contributed by atoms with E-state index in [2.05, 4.69) is 24.4 Å². The van der Waals surface area contributed by atoms with Crippen LogP contribution in [0.4, 0.5) is 0 Å². The van der Waals surface area contributed by atoms with E-state index in [-0.39, 0.29) is 0 Å². The van der Waals surface area contributed by atoms with Crippen molar-refractivity contribution in [1.29, 1.82) is 0 Å². The fraction of sp³-hybridized carbons (Fsp3) is 0.286. The Morgan fingerprint density at radius 2 is 2.00 bits per heavy atom. The van der Waals surface area contributed by atoms with Crippen LogP contribution in [0.2, 0.25) is 10.0 Å². The van der Waals surface area contributed by atoms with Gasteiger partial charge >= 0.3 is 0 Å². The van der Waals surface area contributed by atoms with Gasteiger partial charge in [0.25, 0.3) is 0 Å². The maximum absolute atomic E-state index is 6.30. The molecular formula is C14H15Cl2NS. The fourth-order valence-electron chi connectivity index (χ4n) is 1.73. The number of thiophene rings is 1. The van der Waals surface area contributed by atoms with Gasteiger partial charge in [-0.15, -0.1) is 11.3 Å². The highest BCUT2D eigenvalue weighted by molar-refractivity contribution is 7.14. The number of hydrogen-bond acceptors (Lipinski definition) is 2. The van der Waals surface area contributed by atoms with Gasteiger partial charge in [-0.05, 0) is 41.6 Å². The molecule has 0 radical (unpaired) electrons. The molecule has 0 bridgehead atoms. The molecule has 2 rings (SSSR count). The van der Waals surface area contributed by atoms with Gasteiger partial charge in [0.2, 0.25) is 0 Å². The molecule has 1 aromatic carbocycles. The van der Waals surface area contributed by atoms with Crippen molar-refractivity contribution in [3.63, 3.8) is 0 Å². The summed E-state index contributed by atoms with van der Waals surface area (Å²) in [6.45, 7) is 3.97. The van der Waals surface area contributed by atoms with Crippen LogP contribution in [0.15, 0.2) is 29.6 Å². The largest absolute Gasteiger partial charge is 0.313 e. The van der Waals surface area contributed by atoms with Gasteiger partial charge in [-0.2, -0.15) is 0 Å². The summed E-state index contributed by atoms with van der Waals surface area (Å²) in [5.41, 5.74) is 2.21. The molecule has 1 nitrogen and oxygen atoms in total. The molecule has 4 heteroatoms. The van der Waals surface area contributed by atoms with Crippen molar-refractivity contribution < 1.29 is 0 Å². The van der Waals surface area contributed by atoms with Crippen LogP contribution in [-0.4, -0.2) is 6.54 Å². The highest BCUT2D eigenvalue weighted by Gasteiger charge is 2.07. The predicted octanol–water partition coefficient (Wildman–Crippen LogP) is 5.22. The minimum absolute atomic E-state index is 0.785. The van der Waals surface area contributed by atoms with E-state index in [0.29, 0.717) is 0 Å². The van der Waals surface area contributed by atoms with Gasteiger partial charge in [0, 0.05) is 11.6 Å². The van der Waals surface area contributed by atoms with Crippen LogP contribution in [0.3, 0.4) is 0 Å². The number of hydrogen-bond donors (Lipinski definition) is 1. The standard InChI is InChI=1S/C14H15Cl2NS/c1-2-6-17-9-11-4-3-10(8-13(11)16)14-12(15)5-7-18-14/h3-5,7-8,17H,2,6,9H2,1H3. The lowest BCUT2D eigenvalue weighted by atomic mass is 10.1. The van der Waals surface area contributed by atoms with Crippen LogP contribution >= 0.6 is 34.5 Å². The first kappa shape index (κ1) is 13.9. The van der Waals surface area contributed by atoms with Crippen LogP contribution in [0, 0.1) is 0 Å². The third-order valence-electron chi connectivity index (χ3n) is 2.67. The van der Waals surface area contributed by atoms with Crippen molar-refractivity contribution in [1.82, 2.24) is 5.32 Å². The van der Waals surface area contributed by atoms with E-state index in [0.717, 1.165) is 45.6 Å². The van der Waals surface area contributed by atoms with E-state index in [1.54, 1.807) is 11.3 Å². The molecule has 0 amide bonds. The second-order valence-corrected chi connectivity index (χ2v) is 5.81. The quantitative estimate of drug-likeness (QED) is 0.746. The van der Waals surface area contributed by atoms with Gasteiger partial charge in [-0.3, -0.25) is 0 Å². The first-order valence-electron chi connectivity index (χ1n) is 5.95. The van der Waals surface area contributed by atoms with Crippen molar-refractivity contribution in [2.45, 2.75) is 19.9 Å². The lowest BCUT2D eigenvalue weighted by Crippen LogP contribution is -2.13. The average Bonchev–Trinajstić information content (AvgIpc) is 2.78. The summed E-state index contributed by atoms with van der Waals surface area (Å²) in [7, 11) is 0. The van der Waals surface area contributed by atoms with Crippen LogP contribution < -0.4 is 5.32 Å².